The van der Waals surface area contributed by atoms with Crippen molar-refractivity contribution in [3.8, 4) is 0 Å². The highest BCUT2D eigenvalue weighted by Gasteiger charge is 2.29. The van der Waals surface area contributed by atoms with Crippen LogP contribution in [0.15, 0.2) is 17.0 Å². The maximum absolute atomic E-state index is 13.8. The molecule has 8 heteroatoms. The monoisotopic (exact) mass is 343 g/mol. The molecule has 114 valence electrons. The van der Waals surface area contributed by atoms with E-state index in [9.17, 15) is 17.2 Å². The van der Waals surface area contributed by atoms with E-state index >= 15 is 0 Å². The lowest BCUT2D eigenvalue weighted by molar-refractivity contribution is 0.407. The molecular weight excluding hydrogens is 328 g/mol. The Morgan fingerprint density at radius 1 is 1.40 bits per heavy atom. The Balaban J connectivity index is 3.31. The molecule has 0 aliphatic heterocycles. The molecule has 1 unspecified atom stereocenters. The van der Waals surface area contributed by atoms with Crippen LogP contribution in [0, 0.1) is 11.6 Å². The molecule has 1 rings (SSSR count). The number of alkyl halides is 1. The molecule has 0 N–H and O–H groups in total. The van der Waals surface area contributed by atoms with E-state index in [1.807, 2.05) is 6.26 Å². The van der Waals surface area contributed by atoms with Crippen LogP contribution in [0.5, 0.6) is 0 Å². The van der Waals surface area contributed by atoms with Gasteiger partial charge in [-0.05, 0) is 30.9 Å². The van der Waals surface area contributed by atoms with Crippen molar-refractivity contribution in [1.29, 1.82) is 0 Å². The lowest BCUT2D eigenvalue weighted by Crippen LogP contribution is -2.37. The number of benzene rings is 1. The molecule has 0 saturated heterocycles. The van der Waals surface area contributed by atoms with Gasteiger partial charge in [0.1, 0.15) is 4.90 Å². The molecule has 0 heterocycles. The second kappa shape index (κ2) is 7.06. The number of thioether (sulfide) groups is 1. The molecule has 1 aromatic carbocycles. The van der Waals surface area contributed by atoms with Crippen LogP contribution in [0.3, 0.4) is 0 Å². The third kappa shape index (κ3) is 3.63. The first-order valence-electron chi connectivity index (χ1n) is 5.76. The SMILES string of the molecule is CSCC(C)N(C)S(=O)(=O)c1cc(CCl)cc(F)c1F. The minimum absolute atomic E-state index is 0.0935. The van der Waals surface area contributed by atoms with Crippen molar-refractivity contribution in [3.63, 3.8) is 0 Å². The summed E-state index contributed by atoms with van der Waals surface area (Å²) in [6.45, 7) is 1.70. The van der Waals surface area contributed by atoms with Gasteiger partial charge in [0.15, 0.2) is 11.6 Å². The quantitative estimate of drug-likeness (QED) is 0.745. The molecule has 3 nitrogen and oxygen atoms in total. The predicted octanol–water partition coefficient (Wildman–Crippen LogP) is 3.08. The molecule has 1 atom stereocenters. The highest BCUT2D eigenvalue weighted by molar-refractivity contribution is 7.98. The van der Waals surface area contributed by atoms with Gasteiger partial charge in [-0.2, -0.15) is 16.1 Å². The fourth-order valence-corrected chi connectivity index (χ4v) is 4.06. The normalized spacial score (nSPS) is 13.8. The average Bonchev–Trinajstić information content (AvgIpc) is 2.40. The van der Waals surface area contributed by atoms with Gasteiger partial charge in [-0.15, -0.1) is 11.6 Å². The Morgan fingerprint density at radius 2 is 2.00 bits per heavy atom. The first kappa shape index (κ1) is 17.7. The topological polar surface area (TPSA) is 37.4 Å². The maximum Gasteiger partial charge on any atom is 0.246 e. The highest BCUT2D eigenvalue weighted by atomic mass is 35.5. The minimum atomic E-state index is -4.10. The summed E-state index contributed by atoms with van der Waals surface area (Å²) in [5.41, 5.74) is 0.218. The summed E-state index contributed by atoms with van der Waals surface area (Å²) in [6, 6.07) is 1.63. The third-order valence-electron chi connectivity index (χ3n) is 2.89. The zero-order chi connectivity index (χ0) is 15.5. The summed E-state index contributed by atoms with van der Waals surface area (Å²) in [4.78, 5) is -0.677. The number of hydrogen-bond donors (Lipinski definition) is 0. The largest absolute Gasteiger partial charge is 0.246 e. The van der Waals surface area contributed by atoms with Gasteiger partial charge in [0.25, 0.3) is 0 Å². The van der Waals surface area contributed by atoms with Crippen LogP contribution in [0.25, 0.3) is 0 Å². The molecule has 20 heavy (non-hydrogen) atoms. The van der Waals surface area contributed by atoms with E-state index in [1.165, 1.54) is 18.8 Å². The van der Waals surface area contributed by atoms with Crippen molar-refractivity contribution in [2.45, 2.75) is 23.7 Å². The Morgan fingerprint density at radius 3 is 2.50 bits per heavy atom. The molecule has 0 fully saturated rings. The van der Waals surface area contributed by atoms with Crippen molar-refractivity contribution >= 4 is 33.4 Å². The van der Waals surface area contributed by atoms with E-state index in [0.29, 0.717) is 5.75 Å². The van der Waals surface area contributed by atoms with Crippen LogP contribution in [-0.4, -0.2) is 37.8 Å². The molecule has 0 saturated carbocycles. The van der Waals surface area contributed by atoms with Crippen LogP contribution in [0.1, 0.15) is 12.5 Å². The average molecular weight is 344 g/mol. The van der Waals surface area contributed by atoms with E-state index in [4.69, 9.17) is 11.6 Å². The smallest absolute Gasteiger partial charge is 0.207 e. The Hall–Kier alpha value is -0.370. The number of rotatable bonds is 6. The van der Waals surface area contributed by atoms with Crippen LogP contribution < -0.4 is 0 Å². The lowest BCUT2D eigenvalue weighted by atomic mass is 10.2. The van der Waals surface area contributed by atoms with Crippen LogP contribution in [0.2, 0.25) is 0 Å². The van der Waals surface area contributed by atoms with E-state index in [1.54, 1.807) is 6.92 Å². The molecule has 0 aliphatic carbocycles. The first-order valence-corrected chi connectivity index (χ1v) is 9.13. The van der Waals surface area contributed by atoms with Gasteiger partial charge in [0, 0.05) is 24.7 Å². The molecule has 0 bridgehead atoms. The molecule has 0 aliphatic rings. The summed E-state index contributed by atoms with van der Waals surface area (Å²) < 4.78 is 53.0. The van der Waals surface area contributed by atoms with Crippen LogP contribution in [-0.2, 0) is 15.9 Å². The molecule has 0 amide bonds. The van der Waals surface area contributed by atoms with Crippen molar-refractivity contribution in [1.82, 2.24) is 4.31 Å². The summed E-state index contributed by atoms with van der Waals surface area (Å²) in [5, 5.41) is 0. The maximum atomic E-state index is 13.8. The van der Waals surface area contributed by atoms with Crippen LogP contribution in [0.4, 0.5) is 8.78 Å². The zero-order valence-electron chi connectivity index (χ0n) is 11.4. The lowest BCUT2D eigenvalue weighted by Gasteiger charge is -2.24. The van der Waals surface area contributed by atoms with Crippen molar-refractivity contribution in [2.24, 2.45) is 0 Å². The standard InChI is InChI=1S/C12H16ClF2NO2S2/c1-8(7-19-3)16(2)20(17,18)11-5-9(6-13)4-10(14)12(11)15/h4-5,8H,6-7H2,1-3H3. The molecule has 0 aromatic heterocycles. The molecule has 0 spiro atoms. The van der Waals surface area contributed by atoms with Crippen molar-refractivity contribution in [2.75, 3.05) is 19.1 Å². The van der Waals surface area contributed by atoms with Crippen molar-refractivity contribution in [3.05, 3.63) is 29.3 Å². The summed E-state index contributed by atoms with van der Waals surface area (Å²) in [5.74, 6) is -2.13. The zero-order valence-corrected chi connectivity index (χ0v) is 13.7. The third-order valence-corrected chi connectivity index (χ3v) is 5.99. The fraction of sp³-hybridized carbons (Fsp3) is 0.500. The van der Waals surface area contributed by atoms with Gasteiger partial charge < -0.3 is 0 Å². The summed E-state index contributed by atoms with van der Waals surface area (Å²) >= 11 is 7.03. The highest BCUT2D eigenvalue weighted by Crippen LogP contribution is 2.25. The van der Waals surface area contributed by atoms with E-state index in [-0.39, 0.29) is 17.5 Å². The van der Waals surface area contributed by atoms with Crippen LogP contribution >= 0.6 is 23.4 Å². The van der Waals surface area contributed by atoms with Gasteiger partial charge >= 0.3 is 0 Å². The van der Waals surface area contributed by atoms with Gasteiger partial charge in [-0.1, -0.05) is 0 Å². The number of hydrogen-bond acceptors (Lipinski definition) is 3. The fourth-order valence-electron chi connectivity index (χ4n) is 1.62. The summed E-state index contributed by atoms with van der Waals surface area (Å²) in [7, 11) is -2.75. The molecule has 1 aromatic rings. The Labute approximate surface area is 127 Å². The Kier molecular flexibility index (Phi) is 6.25. The molecular formula is C12H16ClF2NO2S2. The second-order valence-corrected chi connectivity index (χ2v) is 7.49. The van der Waals surface area contributed by atoms with Gasteiger partial charge in [0.05, 0.1) is 0 Å². The van der Waals surface area contributed by atoms with Gasteiger partial charge in [-0.3, -0.25) is 0 Å². The predicted molar refractivity (Wildman–Crippen MR) is 78.7 cm³/mol. The second-order valence-electron chi connectivity index (χ2n) is 4.35. The van der Waals surface area contributed by atoms with Gasteiger partial charge in [0.2, 0.25) is 10.0 Å². The summed E-state index contributed by atoms with van der Waals surface area (Å²) in [6.07, 6.45) is 1.84. The minimum Gasteiger partial charge on any atom is -0.207 e. The number of sulfonamides is 1. The van der Waals surface area contributed by atoms with E-state index in [2.05, 4.69) is 0 Å². The number of halogens is 3. The van der Waals surface area contributed by atoms with E-state index in [0.717, 1.165) is 16.4 Å². The number of nitrogens with zero attached hydrogens (tertiary/aromatic N) is 1. The molecule has 0 radical (unpaired) electrons. The first-order chi connectivity index (χ1) is 9.25. The Bertz CT molecular complexity index is 581. The van der Waals surface area contributed by atoms with E-state index < -0.39 is 26.6 Å². The van der Waals surface area contributed by atoms with Gasteiger partial charge in [-0.25, -0.2) is 17.2 Å². The van der Waals surface area contributed by atoms with Crippen molar-refractivity contribution < 1.29 is 17.2 Å².